The molecule has 2 aromatic rings. The average molecular weight is 558 g/mol. The summed E-state index contributed by atoms with van der Waals surface area (Å²) in [5.74, 6) is -0.0346. The van der Waals surface area contributed by atoms with Crippen molar-refractivity contribution >= 4 is 50.7 Å². The summed E-state index contributed by atoms with van der Waals surface area (Å²) < 4.78 is 37.6. The lowest BCUT2D eigenvalue weighted by Crippen LogP contribution is -2.52. The van der Waals surface area contributed by atoms with E-state index in [0.29, 0.717) is 53.3 Å². The van der Waals surface area contributed by atoms with Crippen LogP contribution in [0.1, 0.15) is 25.8 Å². The molecule has 0 fully saturated rings. The van der Waals surface area contributed by atoms with E-state index >= 15 is 0 Å². The van der Waals surface area contributed by atoms with Crippen LogP contribution in [-0.4, -0.2) is 63.7 Å². The summed E-state index contributed by atoms with van der Waals surface area (Å²) in [4.78, 5) is 27.9. The molecule has 1 atom stereocenters. The molecule has 196 valence electrons. The van der Waals surface area contributed by atoms with E-state index in [1.165, 1.54) is 11.0 Å². The van der Waals surface area contributed by atoms with E-state index in [-0.39, 0.29) is 18.1 Å². The minimum absolute atomic E-state index is 0.0107. The van der Waals surface area contributed by atoms with Crippen LogP contribution in [0.2, 0.25) is 10.0 Å². The van der Waals surface area contributed by atoms with Crippen LogP contribution in [0.15, 0.2) is 36.4 Å². The fraction of sp³-hybridized carbons (Fsp3) is 0.417. The topological polar surface area (TPSA) is 105 Å². The lowest BCUT2D eigenvalue weighted by Gasteiger charge is -2.33. The van der Waals surface area contributed by atoms with Crippen molar-refractivity contribution in [2.45, 2.75) is 32.9 Å². The van der Waals surface area contributed by atoms with E-state index in [4.69, 9.17) is 32.7 Å². The second-order valence-electron chi connectivity index (χ2n) is 8.17. The van der Waals surface area contributed by atoms with E-state index in [1.807, 2.05) is 0 Å². The fourth-order valence-electron chi connectivity index (χ4n) is 3.85. The summed E-state index contributed by atoms with van der Waals surface area (Å²) in [6, 6.07) is 8.67. The van der Waals surface area contributed by atoms with E-state index in [9.17, 15) is 18.0 Å². The zero-order valence-corrected chi connectivity index (χ0v) is 22.6. The smallest absolute Gasteiger partial charge is 0.244 e. The second-order valence-corrected chi connectivity index (χ2v) is 10.9. The molecule has 1 aliphatic rings. The van der Waals surface area contributed by atoms with Crippen LogP contribution in [0.3, 0.4) is 0 Å². The second kappa shape index (κ2) is 12.0. The molecule has 12 heteroatoms. The molecule has 1 unspecified atom stereocenters. The van der Waals surface area contributed by atoms with E-state index < -0.39 is 28.5 Å². The van der Waals surface area contributed by atoms with Crippen LogP contribution in [0.4, 0.5) is 5.69 Å². The molecule has 1 N–H and O–H groups in total. The summed E-state index contributed by atoms with van der Waals surface area (Å²) in [6.07, 6.45) is 1.32. The molecule has 0 aromatic heterocycles. The van der Waals surface area contributed by atoms with Crippen molar-refractivity contribution in [3.05, 3.63) is 52.0 Å². The molecule has 0 bridgehead atoms. The van der Waals surface area contributed by atoms with Gasteiger partial charge in [0.05, 0.1) is 11.9 Å². The van der Waals surface area contributed by atoms with Gasteiger partial charge in [0.1, 0.15) is 25.8 Å². The van der Waals surface area contributed by atoms with Gasteiger partial charge < -0.3 is 19.7 Å². The summed E-state index contributed by atoms with van der Waals surface area (Å²) in [5, 5.41) is 3.50. The minimum atomic E-state index is -3.88. The Labute approximate surface area is 221 Å². The van der Waals surface area contributed by atoms with Crippen molar-refractivity contribution in [2.75, 3.05) is 36.9 Å². The molecule has 0 spiro atoms. The molecule has 2 aromatic carbocycles. The van der Waals surface area contributed by atoms with Gasteiger partial charge in [-0.2, -0.15) is 0 Å². The Kier molecular flexibility index (Phi) is 9.32. The van der Waals surface area contributed by atoms with Gasteiger partial charge in [-0.25, -0.2) is 8.42 Å². The number of amides is 2. The minimum Gasteiger partial charge on any atom is -0.486 e. The first-order valence-corrected chi connectivity index (χ1v) is 14.0. The third-order valence-corrected chi connectivity index (χ3v) is 7.31. The number of nitrogens with zero attached hydrogens (tertiary/aromatic N) is 2. The zero-order valence-electron chi connectivity index (χ0n) is 20.3. The molecule has 0 radical (unpaired) electrons. The number of benzene rings is 2. The van der Waals surface area contributed by atoms with Crippen molar-refractivity contribution in [2.24, 2.45) is 0 Å². The van der Waals surface area contributed by atoms with Gasteiger partial charge in [0, 0.05) is 29.2 Å². The Balaban J connectivity index is 1.97. The van der Waals surface area contributed by atoms with Gasteiger partial charge in [0.2, 0.25) is 21.8 Å². The molecular formula is C24H29Cl2N3O6S. The maximum atomic E-state index is 13.7. The maximum absolute atomic E-state index is 13.7. The van der Waals surface area contributed by atoms with Gasteiger partial charge in [0.25, 0.3) is 0 Å². The highest BCUT2D eigenvalue weighted by Gasteiger charge is 2.32. The fourth-order valence-corrected chi connectivity index (χ4v) is 5.16. The van der Waals surface area contributed by atoms with E-state index in [0.717, 1.165) is 10.6 Å². The van der Waals surface area contributed by atoms with E-state index in [2.05, 4.69) is 5.32 Å². The number of anilines is 1. The first-order chi connectivity index (χ1) is 17.0. The van der Waals surface area contributed by atoms with Crippen LogP contribution >= 0.6 is 23.2 Å². The first-order valence-electron chi connectivity index (χ1n) is 11.4. The van der Waals surface area contributed by atoms with Crippen LogP contribution in [-0.2, 0) is 26.2 Å². The largest absolute Gasteiger partial charge is 0.486 e. The molecule has 0 saturated carbocycles. The van der Waals surface area contributed by atoms with Crippen LogP contribution in [0.5, 0.6) is 11.5 Å². The molecule has 0 aliphatic carbocycles. The van der Waals surface area contributed by atoms with Gasteiger partial charge in [-0.3, -0.25) is 13.9 Å². The molecule has 2 amide bonds. The number of hydrogen-bond acceptors (Lipinski definition) is 6. The lowest BCUT2D eigenvalue weighted by atomic mass is 10.1. The maximum Gasteiger partial charge on any atom is 0.244 e. The number of fused-ring (bicyclic) bond motifs is 1. The van der Waals surface area contributed by atoms with Crippen molar-refractivity contribution in [1.29, 1.82) is 0 Å². The zero-order chi connectivity index (χ0) is 26.5. The normalized spacial score (nSPS) is 13.6. The predicted molar refractivity (Wildman–Crippen MR) is 139 cm³/mol. The highest BCUT2D eigenvalue weighted by molar-refractivity contribution is 7.92. The number of hydrogen-bond donors (Lipinski definition) is 1. The quantitative estimate of drug-likeness (QED) is 0.479. The monoisotopic (exact) mass is 557 g/mol. The molecule has 1 heterocycles. The first kappa shape index (κ1) is 27.9. The predicted octanol–water partition coefficient (Wildman–Crippen LogP) is 3.47. The van der Waals surface area contributed by atoms with Crippen LogP contribution in [0.25, 0.3) is 0 Å². The number of ether oxygens (including phenoxy) is 2. The number of carbonyl (C=O) groups excluding carboxylic acids is 2. The van der Waals surface area contributed by atoms with Crippen molar-refractivity contribution in [1.82, 2.24) is 10.2 Å². The van der Waals surface area contributed by atoms with Gasteiger partial charge in [0.15, 0.2) is 11.5 Å². The van der Waals surface area contributed by atoms with Crippen molar-refractivity contribution < 1.29 is 27.5 Å². The Bertz CT molecular complexity index is 1220. The summed E-state index contributed by atoms with van der Waals surface area (Å²) in [7, 11) is -3.88. The van der Waals surface area contributed by atoms with Gasteiger partial charge >= 0.3 is 0 Å². The lowest BCUT2D eigenvalue weighted by molar-refractivity contribution is -0.140. The molecule has 9 nitrogen and oxygen atoms in total. The molecule has 36 heavy (non-hydrogen) atoms. The number of rotatable bonds is 10. The number of likely N-dealkylation sites (N-methyl/N-ethyl adjacent to an activating group) is 1. The molecule has 3 rings (SSSR count). The standard InChI is InChI=1S/C24H29Cl2N3O6S/c1-4-20(24(31)27-5-2)28(14-16-6-7-17(25)12-19(16)26)23(30)15-29(36(3,32)33)18-8-9-21-22(13-18)35-11-10-34-21/h6-9,12-13,20H,4-5,10-11,14-15H2,1-3H3,(H,27,31). The highest BCUT2D eigenvalue weighted by atomic mass is 35.5. The molecule has 0 saturated heterocycles. The van der Waals surface area contributed by atoms with Crippen LogP contribution in [0, 0.1) is 0 Å². The van der Waals surface area contributed by atoms with Crippen molar-refractivity contribution in [3.63, 3.8) is 0 Å². The highest BCUT2D eigenvalue weighted by Crippen LogP contribution is 2.35. The number of nitrogens with one attached hydrogen (secondary N) is 1. The van der Waals surface area contributed by atoms with Gasteiger partial charge in [-0.15, -0.1) is 0 Å². The third kappa shape index (κ3) is 6.74. The summed E-state index contributed by atoms with van der Waals surface area (Å²) in [5.41, 5.74) is 0.813. The molecular weight excluding hydrogens is 529 g/mol. The Morgan fingerprint density at radius 2 is 1.75 bits per heavy atom. The van der Waals surface area contributed by atoms with E-state index in [1.54, 1.807) is 44.2 Å². The van der Waals surface area contributed by atoms with Gasteiger partial charge in [-0.1, -0.05) is 36.2 Å². The van der Waals surface area contributed by atoms with Crippen LogP contribution < -0.4 is 19.1 Å². The SMILES string of the molecule is CCNC(=O)C(CC)N(Cc1ccc(Cl)cc1Cl)C(=O)CN(c1ccc2c(c1)OCCO2)S(C)(=O)=O. The number of sulfonamides is 1. The van der Waals surface area contributed by atoms with Gasteiger partial charge in [-0.05, 0) is 43.2 Å². The Morgan fingerprint density at radius 3 is 2.36 bits per heavy atom. The average Bonchev–Trinajstić information content (AvgIpc) is 2.82. The Hall–Kier alpha value is -2.69. The molecule has 1 aliphatic heterocycles. The summed E-state index contributed by atoms with van der Waals surface area (Å²) in [6.45, 7) is 4.11. The number of carbonyl (C=O) groups is 2. The van der Waals surface area contributed by atoms with Crippen molar-refractivity contribution in [3.8, 4) is 11.5 Å². The third-order valence-electron chi connectivity index (χ3n) is 5.59. The summed E-state index contributed by atoms with van der Waals surface area (Å²) >= 11 is 12.4. The number of halogens is 2. The Morgan fingerprint density at radius 1 is 1.06 bits per heavy atom.